The van der Waals surface area contributed by atoms with Gasteiger partial charge in [-0.15, -0.1) is 0 Å². The minimum Gasteiger partial charge on any atom is -0.496 e. The summed E-state index contributed by atoms with van der Waals surface area (Å²) in [5.74, 6) is 1.67. The van der Waals surface area contributed by atoms with Gasteiger partial charge in [0.2, 0.25) is 0 Å². The van der Waals surface area contributed by atoms with Crippen LogP contribution < -0.4 is 18.9 Å². The molecule has 4 aliphatic heterocycles. The summed E-state index contributed by atoms with van der Waals surface area (Å²) in [7, 11) is 6.74. The predicted octanol–water partition coefficient (Wildman–Crippen LogP) is 8.54. The Morgan fingerprint density at radius 2 is 1.00 bits per heavy atom. The highest BCUT2D eigenvalue weighted by molar-refractivity contribution is 5.96. The average molecular weight is 920 g/mol. The number of aromatic carboxylic acids is 1. The molecule has 2 saturated heterocycles. The van der Waals surface area contributed by atoms with Crippen LogP contribution in [0.15, 0.2) is 109 Å². The molecule has 4 aromatic carbocycles. The molecule has 0 atom stereocenters. The maximum Gasteiger partial charge on any atom is 0.335 e. The third kappa shape index (κ3) is 8.11. The number of hydrogen-bond acceptors (Lipinski definition) is 8. The largest absolute Gasteiger partial charge is 0.496 e. The van der Waals surface area contributed by atoms with Gasteiger partial charge >= 0.3 is 5.97 Å². The van der Waals surface area contributed by atoms with Gasteiger partial charge in [0, 0.05) is 95.0 Å². The molecule has 0 unspecified atom stereocenters. The van der Waals surface area contributed by atoms with Gasteiger partial charge in [0.25, 0.3) is 17.7 Å². The molecule has 2 spiro atoms. The van der Waals surface area contributed by atoms with Crippen LogP contribution in [0, 0.1) is 0 Å². The maximum atomic E-state index is 13.3. The third-order valence-electron chi connectivity index (χ3n) is 13.9. The zero-order valence-electron chi connectivity index (χ0n) is 39.4. The van der Waals surface area contributed by atoms with Crippen molar-refractivity contribution in [3.8, 4) is 34.4 Å². The number of nitrogens with zero attached hydrogens (tertiary/aromatic N) is 5. The van der Waals surface area contributed by atoms with Crippen molar-refractivity contribution in [3.05, 3.63) is 154 Å². The SMILES string of the molecule is CCc1ccc(C(=O)N2CCC3(CC2)Oc2cc(C(=O)N(C)C)ccc2-n2cccc23)cc1OC.CCc1ccc(C(=O)N2CCC3(CC2)Oc2cc(C(=O)O)ccc2-n2cccc23)cc1OC. The van der Waals surface area contributed by atoms with Crippen LogP contribution in [-0.2, 0) is 24.0 Å². The second-order valence-electron chi connectivity index (χ2n) is 17.9. The molecule has 352 valence electrons. The normalized spacial score (nSPS) is 15.9. The molecular formula is C54H57N5O9. The molecule has 14 heteroatoms. The van der Waals surface area contributed by atoms with Gasteiger partial charge in [0.15, 0.2) is 11.2 Å². The van der Waals surface area contributed by atoms with Crippen LogP contribution in [0.3, 0.4) is 0 Å². The van der Waals surface area contributed by atoms with Gasteiger partial charge in [-0.25, -0.2) is 4.79 Å². The average Bonchev–Trinajstić information content (AvgIpc) is 4.09. The number of benzene rings is 4. The summed E-state index contributed by atoms with van der Waals surface area (Å²) in [6.07, 6.45) is 8.25. The number of aromatic nitrogens is 2. The molecule has 14 nitrogen and oxygen atoms in total. The van der Waals surface area contributed by atoms with E-state index in [2.05, 4.69) is 29.0 Å². The number of methoxy groups -OCH3 is 2. The topological polar surface area (TPSA) is 145 Å². The highest BCUT2D eigenvalue weighted by atomic mass is 16.5. The Balaban J connectivity index is 0.000000170. The van der Waals surface area contributed by atoms with Crippen molar-refractivity contribution >= 4 is 23.7 Å². The van der Waals surface area contributed by atoms with Crippen molar-refractivity contribution in [2.75, 3.05) is 54.5 Å². The number of carbonyl (C=O) groups excluding carboxylic acids is 3. The number of carboxylic acid groups (broad SMARTS) is 1. The first kappa shape index (κ1) is 45.7. The smallest absolute Gasteiger partial charge is 0.335 e. The van der Waals surface area contributed by atoms with Crippen LogP contribution in [0.5, 0.6) is 23.0 Å². The molecule has 1 N–H and O–H groups in total. The highest BCUT2D eigenvalue weighted by Crippen LogP contribution is 2.47. The number of hydrogen-bond donors (Lipinski definition) is 1. The fraction of sp³-hybridized carbons (Fsp3) is 0.333. The number of piperidine rings is 2. The van der Waals surface area contributed by atoms with Crippen molar-refractivity contribution in [2.24, 2.45) is 0 Å². The maximum absolute atomic E-state index is 13.3. The summed E-state index contributed by atoms with van der Waals surface area (Å²) >= 11 is 0. The van der Waals surface area contributed by atoms with Crippen molar-refractivity contribution in [1.82, 2.24) is 23.8 Å². The molecular weight excluding hydrogens is 863 g/mol. The molecule has 0 saturated carbocycles. The van der Waals surface area contributed by atoms with E-state index in [9.17, 15) is 24.3 Å². The number of amides is 3. The zero-order valence-corrected chi connectivity index (χ0v) is 39.4. The number of aryl methyl sites for hydroxylation is 2. The van der Waals surface area contributed by atoms with E-state index in [1.54, 1.807) is 51.4 Å². The second-order valence-corrected chi connectivity index (χ2v) is 17.9. The standard InChI is InChI=1S/C28H31N3O4.C26H26N2O5/c1-5-19-8-9-21(17-23(19)34-4)27(33)30-15-12-28(13-16-30)25-7-6-14-31(25)22-11-10-20(18-24(22)35-28)26(32)29(2)3;1-3-17-6-7-18(15-21(17)32-2)24(29)27-13-10-26(11-14-27)23-5-4-12-28(23)20-9-8-19(25(30)31)16-22(20)33-26/h6-11,14,17-18H,5,12-13,15-16H2,1-4H3;4-9,12,15-16H,3,10-11,13-14H2,1-2H3,(H,30,31). The lowest BCUT2D eigenvalue weighted by molar-refractivity contribution is -0.00984. The summed E-state index contributed by atoms with van der Waals surface area (Å²) in [6.45, 7) is 6.36. The first-order valence-corrected chi connectivity index (χ1v) is 23.2. The second kappa shape index (κ2) is 18.3. The Morgan fingerprint density at radius 3 is 1.40 bits per heavy atom. The monoisotopic (exact) mass is 919 g/mol. The Kier molecular flexibility index (Phi) is 12.3. The van der Waals surface area contributed by atoms with E-state index in [-0.39, 0.29) is 23.3 Å². The van der Waals surface area contributed by atoms with Crippen LogP contribution in [0.4, 0.5) is 0 Å². The Morgan fingerprint density at radius 1 is 0.588 bits per heavy atom. The lowest BCUT2D eigenvalue weighted by Gasteiger charge is -2.45. The van der Waals surface area contributed by atoms with Crippen LogP contribution in [-0.4, -0.2) is 107 Å². The number of carboxylic acids is 1. The van der Waals surface area contributed by atoms with Gasteiger partial charge in [0.1, 0.15) is 23.0 Å². The molecule has 6 heterocycles. The van der Waals surface area contributed by atoms with E-state index in [1.165, 1.54) is 0 Å². The third-order valence-corrected chi connectivity index (χ3v) is 13.9. The lowest BCUT2D eigenvalue weighted by atomic mass is 9.86. The Hall–Kier alpha value is -7.48. The van der Waals surface area contributed by atoms with E-state index in [4.69, 9.17) is 18.9 Å². The van der Waals surface area contributed by atoms with E-state index in [0.717, 1.165) is 58.2 Å². The molecule has 2 aromatic heterocycles. The van der Waals surface area contributed by atoms with Gasteiger partial charge < -0.3 is 47.9 Å². The van der Waals surface area contributed by atoms with Crippen LogP contribution in [0.2, 0.25) is 0 Å². The van der Waals surface area contributed by atoms with Crippen molar-refractivity contribution in [1.29, 1.82) is 0 Å². The number of carbonyl (C=O) groups is 4. The molecule has 6 aromatic rings. The van der Waals surface area contributed by atoms with Gasteiger partial charge in [-0.2, -0.15) is 0 Å². The van der Waals surface area contributed by atoms with Gasteiger partial charge in [-0.05, 0) is 109 Å². The number of fused-ring (bicyclic) bond motifs is 8. The van der Waals surface area contributed by atoms with Crippen molar-refractivity contribution < 1.29 is 43.2 Å². The summed E-state index contributed by atoms with van der Waals surface area (Å²) in [5, 5.41) is 9.40. The Bertz CT molecular complexity index is 2920. The molecule has 0 radical (unpaired) electrons. The number of rotatable bonds is 8. The van der Waals surface area contributed by atoms with Crippen molar-refractivity contribution in [2.45, 2.75) is 63.6 Å². The van der Waals surface area contributed by atoms with Crippen molar-refractivity contribution in [3.63, 3.8) is 0 Å². The minimum absolute atomic E-state index is 0.00580. The zero-order chi connectivity index (χ0) is 47.9. The highest BCUT2D eigenvalue weighted by Gasteiger charge is 2.46. The van der Waals surface area contributed by atoms with E-state index < -0.39 is 17.2 Å². The fourth-order valence-corrected chi connectivity index (χ4v) is 10.1. The first-order chi connectivity index (χ1) is 32.8. The molecule has 0 aliphatic carbocycles. The Labute approximate surface area is 396 Å². The summed E-state index contributed by atoms with van der Waals surface area (Å²) < 4.78 is 28.3. The van der Waals surface area contributed by atoms with Gasteiger partial charge in [0.05, 0.1) is 42.5 Å². The summed E-state index contributed by atoms with van der Waals surface area (Å²) in [4.78, 5) is 55.8. The summed E-state index contributed by atoms with van der Waals surface area (Å²) in [6, 6.07) is 30.0. The molecule has 10 rings (SSSR count). The van der Waals surface area contributed by atoms with Gasteiger partial charge in [-0.3, -0.25) is 14.4 Å². The lowest BCUT2D eigenvalue weighted by Crippen LogP contribution is -2.50. The molecule has 68 heavy (non-hydrogen) atoms. The quantitative estimate of drug-likeness (QED) is 0.159. The van der Waals surface area contributed by atoms with Crippen LogP contribution >= 0.6 is 0 Å². The van der Waals surface area contributed by atoms with Crippen LogP contribution in [0.25, 0.3) is 11.4 Å². The minimum atomic E-state index is -0.987. The van der Waals surface area contributed by atoms with Crippen LogP contribution in [0.1, 0.15) is 103 Å². The predicted molar refractivity (Wildman–Crippen MR) is 256 cm³/mol. The number of likely N-dealkylation sites (tertiary alicyclic amines) is 2. The molecule has 2 fully saturated rings. The number of ether oxygens (including phenoxy) is 4. The van der Waals surface area contributed by atoms with E-state index >= 15 is 0 Å². The van der Waals surface area contributed by atoms with Gasteiger partial charge in [-0.1, -0.05) is 26.0 Å². The van der Waals surface area contributed by atoms with E-state index in [0.29, 0.717) is 80.1 Å². The van der Waals surface area contributed by atoms with E-state index in [1.807, 2.05) is 95.0 Å². The molecule has 4 aliphatic rings. The molecule has 0 bridgehead atoms. The fourth-order valence-electron chi connectivity index (χ4n) is 10.1. The summed E-state index contributed by atoms with van der Waals surface area (Å²) in [5.41, 5.74) is 6.91. The molecule has 3 amide bonds. The first-order valence-electron chi connectivity index (χ1n) is 23.2.